The predicted octanol–water partition coefficient (Wildman–Crippen LogP) is 3.89. The molecule has 0 aliphatic carbocycles. The average Bonchev–Trinajstić information content (AvgIpc) is 2.72. The van der Waals surface area contributed by atoms with Crippen molar-refractivity contribution in [3.05, 3.63) is 58.1 Å². The number of hydrogen-bond donors (Lipinski definition) is 1. The van der Waals surface area contributed by atoms with Crippen LogP contribution in [0.1, 0.15) is 45.5 Å². The lowest BCUT2D eigenvalue weighted by Gasteiger charge is -2.29. The van der Waals surface area contributed by atoms with E-state index in [1.54, 1.807) is 14.2 Å². The fourth-order valence-electron chi connectivity index (χ4n) is 3.94. The first-order valence-electron chi connectivity index (χ1n) is 10.3. The lowest BCUT2D eigenvalue weighted by molar-refractivity contribution is 0.0949. The maximum Gasteiger partial charge on any atom is 0.255 e. The second kappa shape index (κ2) is 9.79. The van der Waals surface area contributed by atoms with Crippen molar-refractivity contribution >= 4 is 5.91 Å². The predicted molar refractivity (Wildman–Crippen MR) is 116 cm³/mol. The molecule has 5 nitrogen and oxygen atoms in total. The van der Waals surface area contributed by atoms with Crippen LogP contribution in [-0.4, -0.2) is 44.7 Å². The molecule has 5 heteroatoms. The van der Waals surface area contributed by atoms with E-state index in [-0.39, 0.29) is 5.91 Å². The molecule has 0 bridgehead atoms. The highest BCUT2D eigenvalue weighted by Crippen LogP contribution is 2.27. The Bertz CT molecular complexity index is 863. The van der Waals surface area contributed by atoms with Gasteiger partial charge >= 0.3 is 0 Å². The number of methoxy groups -OCH3 is 2. The molecule has 3 rings (SSSR count). The third-order valence-electron chi connectivity index (χ3n) is 5.59. The molecule has 1 N–H and O–H groups in total. The number of ether oxygens (including phenoxy) is 2. The molecule has 1 aliphatic rings. The summed E-state index contributed by atoms with van der Waals surface area (Å²) in [6, 6.07) is 10.1. The molecule has 1 aliphatic heterocycles. The lowest BCUT2D eigenvalue weighted by atomic mass is 9.97. The van der Waals surface area contributed by atoms with Crippen LogP contribution in [0.5, 0.6) is 11.5 Å². The Hall–Kier alpha value is -2.53. The van der Waals surface area contributed by atoms with Gasteiger partial charge in [0, 0.05) is 19.6 Å². The van der Waals surface area contributed by atoms with Crippen LogP contribution in [0.2, 0.25) is 0 Å². The van der Waals surface area contributed by atoms with E-state index in [0.29, 0.717) is 17.9 Å². The van der Waals surface area contributed by atoms with Gasteiger partial charge in [0.15, 0.2) is 0 Å². The molecular formula is C24H32N2O3. The summed E-state index contributed by atoms with van der Waals surface area (Å²) in [5.74, 6) is 1.53. The SMILES string of the molecule is COc1cc2c(cc1C)CN(CCCCNC(=O)c1cc(C)ccc1OC)CC2. The van der Waals surface area contributed by atoms with Crippen LogP contribution < -0.4 is 14.8 Å². The van der Waals surface area contributed by atoms with Crippen molar-refractivity contribution in [2.45, 2.75) is 39.7 Å². The average molecular weight is 397 g/mol. The van der Waals surface area contributed by atoms with Crippen molar-refractivity contribution in [1.82, 2.24) is 10.2 Å². The van der Waals surface area contributed by atoms with Crippen molar-refractivity contribution in [3.63, 3.8) is 0 Å². The number of benzene rings is 2. The highest BCUT2D eigenvalue weighted by molar-refractivity contribution is 5.97. The largest absolute Gasteiger partial charge is 0.496 e. The number of carbonyl (C=O) groups is 1. The first-order chi connectivity index (χ1) is 14.0. The molecule has 156 valence electrons. The Morgan fingerprint density at radius 3 is 2.59 bits per heavy atom. The number of carbonyl (C=O) groups excluding carboxylic acids is 1. The quantitative estimate of drug-likeness (QED) is 0.688. The topological polar surface area (TPSA) is 50.8 Å². The molecule has 0 saturated carbocycles. The molecule has 0 unspecified atom stereocenters. The van der Waals surface area contributed by atoms with E-state index in [0.717, 1.165) is 50.2 Å². The van der Waals surface area contributed by atoms with Crippen LogP contribution in [0.25, 0.3) is 0 Å². The van der Waals surface area contributed by atoms with Crippen molar-refractivity contribution < 1.29 is 14.3 Å². The van der Waals surface area contributed by atoms with Gasteiger partial charge in [-0.05, 0) is 74.5 Å². The summed E-state index contributed by atoms with van der Waals surface area (Å²) in [5, 5.41) is 3.02. The summed E-state index contributed by atoms with van der Waals surface area (Å²) in [6.07, 6.45) is 3.09. The zero-order chi connectivity index (χ0) is 20.8. The first-order valence-corrected chi connectivity index (χ1v) is 10.3. The van der Waals surface area contributed by atoms with Gasteiger partial charge < -0.3 is 14.8 Å². The maximum absolute atomic E-state index is 12.5. The Morgan fingerprint density at radius 2 is 1.83 bits per heavy atom. The van der Waals surface area contributed by atoms with Crippen LogP contribution in [0.15, 0.2) is 30.3 Å². The fraction of sp³-hybridized carbons (Fsp3) is 0.458. The minimum Gasteiger partial charge on any atom is -0.496 e. The molecule has 2 aromatic carbocycles. The molecule has 2 aromatic rings. The van der Waals surface area contributed by atoms with Gasteiger partial charge in [0.25, 0.3) is 5.91 Å². The Labute approximate surface area is 174 Å². The second-order valence-electron chi connectivity index (χ2n) is 7.78. The highest BCUT2D eigenvalue weighted by atomic mass is 16.5. The van der Waals surface area contributed by atoms with Crippen molar-refractivity contribution in [3.8, 4) is 11.5 Å². The molecule has 0 spiro atoms. The number of nitrogens with one attached hydrogen (secondary N) is 1. The minimum atomic E-state index is -0.0677. The van der Waals surface area contributed by atoms with Crippen LogP contribution in [0.3, 0.4) is 0 Å². The highest BCUT2D eigenvalue weighted by Gasteiger charge is 2.18. The molecule has 0 fully saturated rings. The van der Waals surface area contributed by atoms with Gasteiger partial charge in [-0.3, -0.25) is 9.69 Å². The third-order valence-corrected chi connectivity index (χ3v) is 5.59. The zero-order valence-corrected chi connectivity index (χ0v) is 18.0. The fourth-order valence-corrected chi connectivity index (χ4v) is 3.94. The van der Waals surface area contributed by atoms with E-state index in [9.17, 15) is 4.79 Å². The van der Waals surface area contributed by atoms with Crippen molar-refractivity contribution in [2.75, 3.05) is 33.9 Å². The number of fused-ring (bicyclic) bond motifs is 1. The van der Waals surface area contributed by atoms with Crippen LogP contribution in [-0.2, 0) is 13.0 Å². The molecule has 0 saturated heterocycles. The molecule has 0 radical (unpaired) electrons. The number of aryl methyl sites for hydroxylation is 2. The molecule has 1 heterocycles. The lowest BCUT2D eigenvalue weighted by Crippen LogP contribution is -2.32. The van der Waals surface area contributed by atoms with E-state index in [4.69, 9.17) is 9.47 Å². The van der Waals surface area contributed by atoms with Crippen molar-refractivity contribution in [1.29, 1.82) is 0 Å². The van der Waals surface area contributed by atoms with Crippen LogP contribution in [0.4, 0.5) is 0 Å². The van der Waals surface area contributed by atoms with Gasteiger partial charge in [0.2, 0.25) is 0 Å². The summed E-state index contributed by atoms with van der Waals surface area (Å²) in [7, 11) is 3.33. The van der Waals surface area contributed by atoms with Gasteiger partial charge in [0.1, 0.15) is 11.5 Å². The Morgan fingerprint density at radius 1 is 1.03 bits per heavy atom. The molecule has 29 heavy (non-hydrogen) atoms. The molecular weight excluding hydrogens is 364 g/mol. The normalized spacial score (nSPS) is 13.7. The smallest absolute Gasteiger partial charge is 0.255 e. The van der Waals surface area contributed by atoms with Gasteiger partial charge in [-0.25, -0.2) is 0 Å². The van der Waals surface area contributed by atoms with Crippen molar-refractivity contribution in [2.24, 2.45) is 0 Å². The maximum atomic E-state index is 12.5. The number of unbranched alkanes of at least 4 members (excludes halogenated alkanes) is 1. The number of hydrogen-bond acceptors (Lipinski definition) is 4. The number of rotatable bonds is 8. The standard InChI is InChI=1S/C24H32N2O3/c1-17-7-8-22(28-3)21(13-17)24(27)25-10-5-6-11-26-12-9-19-15-23(29-4)18(2)14-20(19)16-26/h7-8,13-15H,5-6,9-12,16H2,1-4H3,(H,25,27). The number of nitrogens with zero attached hydrogens (tertiary/aromatic N) is 1. The molecule has 0 atom stereocenters. The van der Waals surface area contributed by atoms with Gasteiger partial charge in [-0.1, -0.05) is 17.7 Å². The molecule has 0 aromatic heterocycles. The van der Waals surface area contributed by atoms with Gasteiger partial charge in [-0.15, -0.1) is 0 Å². The van der Waals surface area contributed by atoms with E-state index in [1.165, 1.54) is 16.7 Å². The zero-order valence-electron chi connectivity index (χ0n) is 18.0. The Balaban J connectivity index is 1.43. The summed E-state index contributed by atoms with van der Waals surface area (Å²) >= 11 is 0. The summed E-state index contributed by atoms with van der Waals surface area (Å²) < 4.78 is 10.8. The molecule has 1 amide bonds. The van der Waals surface area contributed by atoms with E-state index in [2.05, 4.69) is 29.3 Å². The third kappa shape index (κ3) is 5.30. The van der Waals surface area contributed by atoms with Crippen LogP contribution in [0, 0.1) is 13.8 Å². The van der Waals surface area contributed by atoms with Crippen LogP contribution >= 0.6 is 0 Å². The van der Waals surface area contributed by atoms with E-state index >= 15 is 0 Å². The van der Waals surface area contributed by atoms with Gasteiger partial charge in [0.05, 0.1) is 19.8 Å². The summed E-state index contributed by atoms with van der Waals surface area (Å²) in [6.45, 7) is 7.87. The van der Waals surface area contributed by atoms with E-state index < -0.39 is 0 Å². The van der Waals surface area contributed by atoms with E-state index in [1.807, 2.05) is 25.1 Å². The second-order valence-corrected chi connectivity index (χ2v) is 7.78. The Kier molecular flexibility index (Phi) is 7.15. The number of amides is 1. The monoisotopic (exact) mass is 396 g/mol. The summed E-state index contributed by atoms with van der Waals surface area (Å²) in [5.41, 5.74) is 5.67. The minimum absolute atomic E-state index is 0.0677. The summed E-state index contributed by atoms with van der Waals surface area (Å²) in [4.78, 5) is 15.0. The van der Waals surface area contributed by atoms with Gasteiger partial charge in [-0.2, -0.15) is 0 Å². The first kappa shape index (κ1) is 21.2.